The largest absolute Gasteiger partial charge is 0.366 e. The van der Waals surface area contributed by atoms with Gasteiger partial charge in [-0.05, 0) is 67.3 Å². The number of anilines is 1. The van der Waals surface area contributed by atoms with Gasteiger partial charge in [0.25, 0.3) is 11.8 Å². The van der Waals surface area contributed by atoms with Gasteiger partial charge in [0.1, 0.15) is 5.70 Å². The van der Waals surface area contributed by atoms with Crippen LogP contribution in [0.25, 0.3) is 5.57 Å². The quantitative estimate of drug-likeness (QED) is 0.479. The van der Waals surface area contributed by atoms with E-state index in [4.69, 9.17) is 0 Å². The van der Waals surface area contributed by atoms with E-state index in [1.165, 1.54) is 10.5 Å². The van der Waals surface area contributed by atoms with Gasteiger partial charge < -0.3 is 4.90 Å². The number of nitrogens with zero attached hydrogens (tertiary/aromatic N) is 2. The molecule has 0 radical (unpaired) electrons. The summed E-state index contributed by atoms with van der Waals surface area (Å²) in [5.74, 6) is 0.145. The lowest BCUT2D eigenvalue weighted by molar-refractivity contribution is -0.120. The number of benzene rings is 3. The van der Waals surface area contributed by atoms with Gasteiger partial charge in [0, 0.05) is 13.1 Å². The molecule has 0 unspecified atom stereocenters. The second-order valence-corrected chi connectivity index (χ2v) is 9.45. The summed E-state index contributed by atoms with van der Waals surface area (Å²) in [4.78, 5) is 31.1. The Hall–Kier alpha value is -3.66. The number of rotatable bonds is 5. The summed E-state index contributed by atoms with van der Waals surface area (Å²) >= 11 is 0. The zero-order valence-electron chi connectivity index (χ0n) is 19.8. The first-order chi connectivity index (χ1) is 16.5. The predicted octanol–water partition coefficient (Wildman–Crippen LogP) is 5.54. The van der Waals surface area contributed by atoms with Crippen LogP contribution in [0.5, 0.6) is 0 Å². The first-order valence-electron chi connectivity index (χ1n) is 12.1. The van der Waals surface area contributed by atoms with Crippen molar-refractivity contribution >= 4 is 23.1 Å². The fourth-order valence-corrected chi connectivity index (χ4v) is 5.16. The van der Waals surface area contributed by atoms with Crippen LogP contribution in [0.15, 0.2) is 84.6 Å². The van der Waals surface area contributed by atoms with Crippen LogP contribution in [0, 0.1) is 19.8 Å². The van der Waals surface area contributed by atoms with Crippen molar-refractivity contribution in [3.05, 3.63) is 107 Å². The summed E-state index contributed by atoms with van der Waals surface area (Å²) in [6, 6.07) is 26.1. The highest BCUT2D eigenvalue weighted by Gasteiger charge is 2.43. The molecule has 4 nitrogen and oxygen atoms in total. The number of likely N-dealkylation sites (tertiary alicyclic amines) is 1. The van der Waals surface area contributed by atoms with Crippen LogP contribution < -0.4 is 4.90 Å². The first kappa shape index (κ1) is 22.1. The van der Waals surface area contributed by atoms with Crippen molar-refractivity contribution in [1.82, 2.24) is 4.90 Å². The maximum atomic E-state index is 13.8. The molecule has 0 atom stereocenters. The van der Waals surface area contributed by atoms with Gasteiger partial charge in [-0.25, -0.2) is 4.90 Å². The fourth-order valence-electron chi connectivity index (χ4n) is 5.16. The van der Waals surface area contributed by atoms with Crippen LogP contribution in [0.3, 0.4) is 0 Å². The molecular formula is C30H30N2O2. The van der Waals surface area contributed by atoms with E-state index in [9.17, 15) is 9.59 Å². The van der Waals surface area contributed by atoms with Gasteiger partial charge >= 0.3 is 0 Å². The molecule has 0 aliphatic carbocycles. The highest BCUT2D eigenvalue weighted by molar-refractivity contribution is 6.45. The molecule has 0 saturated carbocycles. The monoisotopic (exact) mass is 450 g/mol. The van der Waals surface area contributed by atoms with Crippen molar-refractivity contribution in [3.63, 3.8) is 0 Å². The summed E-state index contributed by atoms with van der Waals surface area (Å²) in [7, 11) is 0. The van der Waals surface area contributed by atoms with Crippen molar-refractivity contribution < 1.29 is 9.59 Å². The zero-order valence-corrected chi connectivity index (χ0v) is 19.8. The number of imide groups is 1. The minimum Gasteiger partial charge on any atom is -0.366 e. The lowest BCUT2D eigenvalue weighted by Crippen LogP contribution is -2.39. The van der Waals surface area contributed by atoms with Crippen LogP contribution in [0.2, 0.25) is 0 Å². The van der Waals surface area contributed by atoms with Gasteiger partial charge in [-0.2, -0.15) is 0 Å². The molecule has 34 heavy (non-hydrogen) atoms. The van der Waals surface area contributed by atoms with Crippen LogP contribution in [-0.4, -0.2) is 29.8 Å². The lowest BCUT2D eigenvalue weighted by Gasteiger charge is -2.34. The van der Waals surface area contributed by atoms with Gasteiger partial charge in [-0.1, -0.05) is 72.8 Å². The molecule has 5 rings (SSSR count). The average molecular weight is 451 g/mol. The maximum Gasteiger partial charge on any atom is 0.282 e. The summed E-state index contributed by atoms with van der Waals surface area (Å²) in [5, 5.41) is 0. The van der Waals surface area contributed by atoms with Crippen molar-refractivity contribution in [1.29, 1.82) is 0 Å². The Morgan fingerprint density at radius 1 is 0.794 bits per heavy atom. The average Bonchev–Trinajstić information content (AvgIpc) is 3.12. The van der Waals surface area contributed by atoms with E-state index >= 15 is 0 Å². The summed E-state index contributed by atoms with van der Waals surface area (Å²) < 4.78 is 0. The molecule has 2 heterocycles. The fraction of sp³-hybridized carbons (Fsp3) is 0.267. The Morgan fingerprint density at radius 3 is 2.12 bits per heavy atom. The molecule has 0 spiro atoms. The molecule has 2 aliphatic heterocycles. The number of carbonyl (C=O) groups excluding carboxylic acids is 2. The third-order valence-corrected chi connectivity index (χ3v) is 7.03. The maximum absolute atomic E-state index is 13.8. The standard InChI is InChI=1S/C30H30N2O2/c1-21-13-14-22(2)26(19-21)32-29(33)27(25-11-7-4-8-12-25)28(30(32)34)31-17-15-24(16-18-31)20-23-9-5-3-6-10-23/h3-14,19,24H,15-18,20H2,1-2H3. The second-order valence-electron chi connectivity index (χ2n) is 9.45. The molecule has 2 amide bonds. The number of aryl methyl sites for hydroxylation is 2. The van der Waals surface area contributed by atoms with Crippen molar-refractivity contribution in [2.24, 2.45) is 5.92 Å². The zero-order chi connectivity index (χ0) is 23.7. The predicted molar refractivity (Wildman–Crippen MR) is 136 cm³/mol. The molecular weight excluding hydrogens is 420 g/mol. The van der Waals surface area contributed by atoms with Gasteiger partial charge in [0.05, 0.1) is 11.3 Å². The number of amides is 2. The van der Waals surface area contributed by atoms with E-state index in [0.29, 0.717) is 22.9 Å². The third kappa shape index (κ3) is 4.16. The number of hydrogen-bond donors (Lipinski definition) is 0. The van der Waals surface area contributed by atoms with E-state index in [1.54, 1.807) is 0 Å². The second kappa shape index (κ2) is 9.30. The van der Waals surface area contributed by atoms with Crippen LogP contribution in [0.4, 0.5) is 5.69 Å². The normalized spacial score (nSPS) is 17.1. The Kier molecular flexibility index (Phi) is 6.06. The van der Waals surface area contributed by atoms with Crippen LogP contribution in [0.1, 0.15) is 35.1 Å². The number of hydrogen-bond acceptors (Lipinski definition) is 3. The Labute approximate surface area is 201 Å². The van der Waals surface area contributed by atoms with Gasteiger partial charge in [-0.15, -0.1) is 0 Å². The highest BCUT2D eigenvalue weighted by atomic mass is 16.2. The minimum absolute atomic E-state index is 0.209. The SMILES string of the molecule is Cc1ccc(C)c(N2C(=O)C(c3ccccc3)=C(N3CCC(Cc4ccccc4)CC3)C2=O)c1. The molecule has 1 saturated heterocycles. The van der Waals surface area contributed by atoms with Crippen molar-refractivity contribution in [2.75, 3.05) is 18.0 Å². The summed E-state index contributed by atoms with van der Waals surface area (Å²) in [5.41, 5.74) is 5.86. The molecule has 3 aromatic carbocycles. The molecule has 3 aromatic rings. The summed E-state index contributed by atoms with van der Waals surface area (Å²) in [6.45, 7) is 5.49. The smallest absolute Gasteiger partial charge is 0.282 e. The molecule has 2 aliphatic rings. The molecule has 0 aromatic heterocycles. The molecule has 1 fully saturated rings. The Balaban J connectivity index is 1.46. The molecule has 0 N–H and O–H groups in total. The third-order valence-electron chi connectivity index (χ3n) is 7.03. The number of piperidine rings is 1. The van der Waals surface area contributed by atoms with Gasteiger partial charge in [0.15, 0.2) is 0 Å². The topological polar surface area (TPSA) is 40.6 Å². The molecule has 172 valence electrons. The van der Waals surface area contributed by atoms with Crippen LogP contribution in [-0.2, 0) is 16.0 Å². The minimum atomic E-state index is -0.230. The van der Waals surface area contributed by atoms with Crippen molar-refractivity contribution in [2.45, 2.75) is 33.1 Å². The Morgan fingerprint density at radius 2 is 1.44 bits per heavy atom. The lowest BCUT2D eigenvalue weighted by atomic mass is 9.89. The molecule has 0 bridgehead atoms. The van der Waals surface area contributed by atoms with Crippen LogP contribution >= 0.6 is 0 Å². The molecule has 4 heteroatoms. The van der Waals surface area contributed by atoms with E-state index in [2.05, 4.69) is 29.2 Å². The van der Waals surface area contributed by atoms with Crippen molar-refractivity contribution in [3.8, 4) is 0 Å². The first-order valence-corrected chi connectivity index (χ1v) is 12.1. The number of carbonyl (C=O) groups is 2. The van der Waals surface area contributed by atoms with E-state index in [1.807, 2.05) is 68.4 Å². The Bertz CT molecular complexity index is 1240. The summed E-state index contributed by atoms with van der Waals surface area (Å²) in [6.07, 6.45) is 3.07. The van der Waals surface area contributed by atoms with Gasteiger partial charge in [0.2, 0.25) is 0 Å². The van der Waals surface area contributed by atoms with E-state index in [0.717, 1.165) is 49.0 Å². The van der Waals surface area contributed by atoms with E-state index < -0.39 is 0 Å². The van der Waals surface area contributed by atoms with E-state index in [-0.39, 0.29) is 11.8 Å². The highest BCUT2D eigenvalue weighted by Crippen LogP contribution is 2.38. The van der Waals surface area contributed by atoms with Gasteiger partial charge in [-0.3, -0.25) is 9.59 Å².